The average Bonchev–Trinajstić information content (AvgIpc) is 2.39. The minimum absolute atomic E-state index is 0.108. The van der Waals surface area contributed by atoms with Gasteiger partial charge >= 0.3 is 0 Å². The van der Waals surface area contributed by atoms with Gasteiger partial charge in [0, 0.05) is 0 Å². The quantitative estimate of drug-likeness (QED) is 0.367. The van der Waals surface area contributed by atoms with Gasteiger partial charge in [0.2, 0.25) is 10.0 Å². The van der Waals surface area contributed by atoms with Crippen LogP contribution in [0.25, 0.3) is 0 Å². The lowest BCUT2D eigenvalue weighted by molar-refractivity contribution is 0.464. The van der Waals surface area contributed by atoms with Crippen LogP contribution in [0.1, 0.15) is 78.1 Å². The van der Waals surface area contributed by atoms with E-state index in [1.54, 1.807) is 0 Å². The van der Waals surface area contributed by atoms with Gasteiger partial charge < -0.3 is 0 Å². The van der Waals surface area contributed by atoms with Crippen LogP contribution in [0.5, 0.6) is 0 Å². The number of rotatable bonds is 14. The maximum Gasteiger partial charge on any atom is 0.281 e. The molecule has 0 aliphatic heterocycles. The molecule has 1 unspecified atom stereocenters. The minimum Gasteiger partial charge on any atom is -0.284 e. The Balaban J connectivity index is 3.66. The van der Waals surface area contributed by atoms with Crippen LogP contribution in [-0.2, 0) is 20.1 Å². The first kappa shape index (κ1) is 21.8. The fourth-order valence-electron chi connectivity index (χ4n) is 2.15. The van der Waals surface area contributed by atoms with Crippen molar-refractivity contribution >= 4 is 20.1 Å². The molecule has 6 nitrogen and oxygen atoms in total. The summed E-state index contributed by atoms with van der Waals surface area (Å²) in [6, 6.07) is 0. The number of sulfonamides is 1. The number of nitrogens with one attached hydrogen (secondary N) is 1. The third-order valence-corrected chi connectivity index (χ3v) is 6.26. The molecule has 1 atom stereocenters. The Hall–Kier alpha value is -0.180. The van der Waals surface area contributed by atoms with Gasteiger partial charge in [0.25, 0.3) is 10.1 Å². The molecule has 0 spiro atoms. The van der Waals surface area contributed by atoms with Crippen LogP contribution in [-0.4, -0.2) is 32.5 Å². The molecule has 0 fully saturated rings. The Labute approximate surface area is 135 Å². The highest BCUT2D eigenvalue weighted by atomic mass is 32.2. The van der Waals surface area contributed by atoms with Crippen LogP contribution in [0.3, 0.4) is 0 Å². The topological polar surface area (TPSA) is 101 Å². The summed E-state index contributed by atoms with van der Waals surface area (Å²) in [4.78, 5) is 0. The fraction of sp³-hybridized carbons (Fsp3) is 1.00. The van der Waals surface area contributed by atoms with Crippen molar-refractivity contribution < 1.29 is 21.4 Å². The molecule has 0 bridgehead atoms. The Morgan fingerprint density at radius 1 is 0.818 bits per heavy atom. The van der Waals surface area contributed by atoms with E-state index in [0.29, 0.717) is 6.42 Å². The monoisotopic (exact) mass is 357 g/mol. The predicted octanol–water partition coefficient (Wildman–Crippen LogP) is 3.06. The minimum atomic E-state index is -4.38. The Bertz CT molecular complexity index is 473. The maximum atomic E-state index is 11.6. The van der Waals surface area contributed by atoms with Gasteiger partial charge in [-0.05, 0) is 13.3 Å². The summed E-state index contributed by atoms with van der Waals surface area (Å²) >= 11 is 0. The molecule has 0 aromatic carbocycles. The zero-order valence-electron chi connectivity index (χ0n) is 13.8. The molecule has 8 heteroatoms. The van der Waals surface area contributed by atoms with Crippen LogP contribution < -0.4 is 4.72 Å². The zero-order chi connectivity index (χ0) is 17.1. The van der Waals surface area contributed by atoms with Crippen molar-refractivity contribution in [2.75, 3.05) is 5.75 Å². The van der Waals surface area contributed by atoms with E-state index < -0.39 is 25.5 Å². The van der Waals surface area contributed by atoms with Crippen molar-refractivity contribution in [3.05, 3.63) is 0 Å². The summed E-state index contributed by atoms with van der Waals surface area (Å²) in [6.45, 7) is 3.30. The summed E-state index contributed by atoms with van der Waals surface area (Å²) in [7, 11) is -8.04. The van der Waals surface area contributed by atoms with Gasteiger partial charge in [-0.3, -0.25) is 4.55 Å². The van der Waals surface area contributed by atoms with Gasteiger partial charge in [-0.25, -0.2) is 8.42 Å². The second-order valence-electron chi connectivity index (χ2n) is 5.78. The lowest BCUT2D eigenvalue weighted by Crippen LogP contribution is -2.39. The van der Waals surface area contributed by atoms with Crippen molar-refractivity contribution in [3.8, 4) is 0 Å². The zero-order valence-corrected chi connectivity index (χ0v) is 15.4. The maximum absolute atomic E-state index is 11.6. The van der Waals surface area contributed by atoms with Gasteiger partial charge in [0.15, 0.2) is 0 Å². The van der Waals surface area contributed by atoms with E-state index in [4.69, 9.17) is 4.55 Å². The van der Waals surface area contributed by atoms with Gasteiger partial charge in [0.05, 0.1) is 5.75 Å². The molecule has 2 N–H and O–H groups in total. The van der Waals surface area contributed by atoms with Crippen LogP contribution in [0.4, 0.5) is 0 Å². The van der Waals surface area contributed by atoms with Crippen molar-refractivity contribution in [2.24, 2.45) is 0 Å². The van der Waals surface area contributed by atoms with E-state index in [2.05, 4.69) is 6.92 Å². The summed E-state index contributed by atoms with van der Waals surface area (Å²) in [5, 5.41) is -1.50. The Morgan fingerprint density at radius 2 is 1.23 bits per heavy atom. The molecule has 0 radical (unpaired) electrons. The average molecular weight is 358 g/mol. The number of hydrogen-bond acceptors (Lipinski definition) is 4. The molecule has 0 amide bonds. The van der Waals surface area contributed by atoms with Crippen LogP contribution in [0, 0.1) is 0 Å². The van der Waals surface area contributed by atoms with Gasteiger partial charge in [-0.15, -0.1) is 0 Å². The SMILES string of the molecule is CCCCCCCCCCCCS(=O)(=O)NC(C)S(=O)(=O)O. The normalized spacial score (nSPS) is 14.1. The van der Waals surface area contributed by atoms with Crippen molar-refractivity contribution in [1.82, 2.24) is 4.72 Å². The van der Waals surface area contributed by atoms with E-state index in [9.17, 15) is 16.8 Å². The molecule has 0 saturated heterocycles. The molecule has 0 rings (SSSR count). The van der Waals surface area contributed by atoms with E-state index in [1.807, 2.05) is 4.72 Å². The Morgan fingerprint density at radius 3 is 1.64 bits per heavy atom. The highest BCUT2D eigenvalue weighted by molar-refractivity contribution is 7.91. The molecule has 134 valence electrons. The molecule has 0 aromatic rings. The number of unbranched alkanes of at least 4 members (excludes halogenated alkanes) is 9. The van der Waals surface area contributed by atoms with E-state index in [-0.39, 0.29) is 5.75 Å². The molecule has 22 heavy (non-hydrogen) atoms. The summed E-state index contributed by atoms with van der Waals surface area (Å²) in [6.07, 6.45) is 11.0. The largest absolute Gasteiger partial charge is 0.284 e. The van der Waals surface area contributed by atoms with Gasteiger partial charge in [0.1, 0.15) is 5.37 Å². The van der Waals surface area contributed by atoms with Crippen molar-refractivity contribution in [3.63, 3.8) is 0 Å². The van der Waals surface area contributed by atoms with Crippen molar-refractivity contribution in [1.29, 1.82) is 0 Å². The first-order valence-corrected chi connectivity index (χ1v) is 11.3. The van der Waals surface area contributed by atoms with Crippen LogP contribution in [0.15, 0.2) is 0 Å². The highest BCUT2D eigenvalue weighted by Crippen LogP contribution is 2.11. The van der Waals surface area contributed by atoms with E-state index in [0.717, 1.165) is 26.2 Å². The van der Waals surface area contributed by atoms with Gasteiger partial charge in [-0.1, -0.05) is 64.7 Å². The van der Waals surface area contributed by atoms with E-state index in [1.165, 1.54) is 38.5 Å². The standard InChI is InChI=1S/C14H31NO5S2/c1-3-4-5-6-7-8-9-10-11-12-13-21(16,17)15-14(2)22(18,19)20/h14-15H,3-13H2,1-2H3,(H,18,19,20). The molecule has 0 saturated carbocycles. The second kappa shape index (κ2) is 11.4. The Kier molecular flexibility index (Phi) is 11.3. The third kappa shape index (κ3) is 12.4. The van der Waals surface area contributed by atoms with Crippen molar-refractivity contribution in [2.45, 2.75) is 83.4 Å². The second-order valence-corrected chi connectivity index (χ2v) is 9.39. The summed E-state index contributed by atoms with van der Waals surface area (Å²) in [5.74, 6) is -0.108. The summed E-state index contributed by atoms with van der Waals surface area (Å²) < 4.78 is 55.5. The molecular weight excluding hydrogens is 326 g/mol. The molecule has 0 aliphatic carbocycles. The lowest BCUT2D eigenvalue weighted by atomic mass is 10.1. The predicted molar refractivity (Wildman–Crippen MR) is 89.8 cm³/mol. The smallest absolute Gasteiger partial charge is 0.281 e. The molecular formula is C14H31NO5S2. The molecule has 0 aliphatic rings. The summed E-state index contributed by atoms with van der Waals surface area (Å²) in [5.41, 5.74) is 0. The first-order valence-electron chi connectivity index (χ1n) is 8.15. The van der Waals surface area contributed by atoms with Crippen LogP contribution in [0.2, 0.25) is 0 Å². The lowest BCUT2D eigenvalue weighted by Gasteiger charge is -2.11. The van der Waals surface area contributed by atoms with E-state index >= 15 is 0 Å². The molecule has 0 aromatic heterocycles. The third-order valence-electron chi connectivity index (χ3n) is 3.56. The fourth-order valence-corrected chi connectivity index (χ4v) is 4.29. The van der Waals surface area contributed by atoms with Crippen LogP contribution >= 0.6 is 0 Å². The van der Waals surface area contributed by atoms with Gasteiger partial charge in [-0.2, -0.15) is 13.1 Å². The highest BCUT2D eigenvalue weighted by Gasteiger charge is 2.23. The first-order chi connectivity index (χ1) is 10.2. The number of hydrogen-bond donors (Lipinski definition) is 2. The molecule has 0 heterocycles.